The van der Waals surface area contributed by atoms with Crippen LogP contribution in [0.3, 0.4) is 0 Å². The zero-order valence-corrected chi connectivity index (χ0v) is 16.6. The molecular formula is C19H16Cl3F3N2. The number of rotatable bonds is 2. The van der Waals surface area contributed by atoms with Crippen LogP contribution in [0.5, 0.6) is 0 Å². The van der Waals surface area contributed by atoms with Gasteiger partial charge in [-0.2, -0.15) is 13.2 Å². The molecule has 27 heavy (non-hydrogen) atoms. The van der Waals surface area contributed by atoms with Crippen LogP contribution in [0.4, 0.5) is 18.9 Å². The molecule has 2 nitrogen and oxygen atoms in total. The molecule has 2 aromatic rings. The summed E-state index contributed by atoms with van der Waals surface area (Å²) in [5.74, 6) is 0. The molecule has 0 amide bonds. The molecule has 0 radical (unpaired) electrons. The van der Waals surface area contributed by atoms with E-state index in [9.17, 15) is 13.2 Å². The van der Waals surface area contributed by atoms with E-state index in [4.69, 9.17) is 23.2 Å². The van der Waals surface area contributed by atoms with E-state index in [-0.39, 0.29) is 18.0 Å². The van der Waals surface area contributed by atoms with Crippen LogP contribution in [0.2, 0.25) is 10.0 Å². The fourth-order valence-corrected chi connectivity index (χ4v) is 3.12. The molecule has 0 aromatic heterocycles. The Balaban J connectivity index is 0.00000261. The first-order valence-corrected chi connectivity index (χ1v) is 8.62. The van der Waals surface area contributed by atoms with Crippen molar-refractivity contribution >= 4 is 53.1 Å². The maximum atomic E-state index is 13.5. The molecule has 1 aliphatic rings. The fraction of sp³-hybridized carbons (Fsp3) is 0.211. The van der Waals surface area contributed by atoms with Crippen LogP contribution in [0, 0.1) is 0 Å². The van der Waals surface area contributed by atoms with Gasteiger partial charge in [0.05, 0.1) is 27.9 Å². The van der Waals surface area contributed by atoms with Crippen molar-refractivity contribution < 1.29 is 13.2 Å². The number of fused-ring (bicyclic) bond motifs is 1. The summed E-state index contributed by atoms with van der Waals surface area (Å²) in [6, 6.07) is 9.22. The number of benzodiazepines with no additional fused rings is 1. The smallest absolute Gasteiger partial charge is 0.372 e. The van der Waals surface area contributed by atoms with Crippen molar-refractivity contribution in [3.63, 3.8) is 0 Å². The van der Waals surface area contributed by atoms with Gasteiger partial charge in [-0.25, -0.2) is 0 Å². The molecule has 8 heteroatoms. The summed E-state index contributed by atoms with van der Waals surface area (Å²) in [7, 11) is 1.76. The highest BCUT2D eigenvalue weighted by atomic mass is 35.5. The summed E-state index contributed by atoms with van der Waals surface area (Å²) in [6.45, 7) is 0.946. The molecule has 0 saturated carbocycles. The van der Waals surface area contributed by atoms with E-state index in [0.29, 0.717) is 34.5 Å². The number of likely N-dealkylation sites (N-methyl/N-ethyl adjacent to an activating group) is 1. The van der Waals surface area contributed by atoms with Crippen molar-refractivity contribution in [3.05, 3.63) is 69.2 Å². The van der Waals surface area contributed by atoms with Gasteiger partial charge >= 0.3 is 6.18 Å². The first kappa shape index (κ1) is 21.6. The largest absolute Gasteiger partial charge is 0.417 e. The normalized spacial score (nSPS) is 14.4. The maximum Gasteiger partial charge on any atom is 0.417 e. The van der Waals surface area contributed by atoms with Crippen molar-refractivity contribution in [2.75, 3.05) is 25.0 Å². The third-order valence-electron chi connectivity index (χ3n) is 4.11. The van der Waals surface area contributed by atoms with E-state index in [1.54, 1.807) is 48.4 Å². The van der Waals surface area contributed by atoms with Gasteiger partial charge in [0.2, 0.25) is 0 Å². The zero-order valence-electron chi connectivity index (χ0n) is 14.2. The quantitative estimate of drug-likeness (QED) is 0.534. The van der Waals surface area contributed by atoms with Gasteiger partial charge in [0, 0.05) is 24.8 Å². The highest BCUT2D eigenvalue weighted by Gasteiger charge is 2.36. The Bertz CT molecular complexity index is 892. The Morgan fingerprint density at radius 3 is 2.48 bits per heavy atom. The minimum absolute atomic E-state index is 0. The number of aliphatic imine (C=N–C) groups is 1. The second-order valence-corrected chi connectivity index (χ2v) is 6.71. The lowest BCUT2D eigenvalue weighted by Crippen LogP contribution is -2.22. The van der Waals surface area contributed by atoms with Crippen LogP contribution in [-0.2, 0) is 6.18 Å². The van der Waals surface area contributed by atoms with Crippen LogP contribution in [0.1, 0.15) is 16.7 Å². The molecule has 0 saturated heterocycles. The van der Waals surface area contributed by atoms with Crippen molar-refractivity contribution in [1.29, 1.82) is 0 Å². The summed E-state index contributed by atoms with van der Waals surface area (Å²) >= 11 is 11.9. The SMILES string of the molecule is CN1CCN=C(/C=C/c2ccc(Cl)c(Cl)c2)c2c1cccc2C(F)(F)F.Cl. The van der Waals surface area contributed by atoms with Crippen molar-refractivity contribution in [2.24, 2.45) is 4.99 Å². The summed E-state index contributed by atoms with van der Waals surface area (Å²) in [5, 5.41) is 0.801. The number of benzene rings is 2. The predicted octanol–water partition coefficient (Wildman–Crippen LogP) is 6.39. The number of allylic oxidation sites excluding steroid dienone is 1. The number of hydrogen-bond donors (Lipinski definition) is 0. The second kappa shape index (κ2) is 8.55. The molecule has 0 aliphatic carbocycles. The van der Waals surface area contributed by atoms with Gasteiger partial charge < -0.3 is 4.90 Å². The van der Waals surface area contributed by atoms with Gasteiger partial charge in [0.1, 0.15) is 0 Å². The number of hydrogen-bond acceptors (Lipinski definition) is 2. The Morgan fingerprint density at radius 1 is 1.07 bits per heavy atom. The van der Waals surface area contributed by atoms with Crippen LogP contribution in [0.15, 0.2) is 47.5 Å². The Morgan fingerprint density at radius 2 is 1.81 bits per heavy atom. The summed E-state index contributed by atoms with van der Waals surface area (Å²) in [4.78, 5) is 6.16. The minimum atomic E-state index is -4.46. The Labute approximate surface area is 171 Å². The van der Waals surface area contributed by atoms with Crippen LogP contribution >= 0.6 is 35.6 Å². The van der Waals surface area contributed by atoms with E-state index < -0.39 is 11.7 Å². The van der Waals surface area contributed by atoms with Gasteiger partial charge in [0.15, 0.2) is 0 Å². The van der Waals surface area contributed by atoms with Crippen molar-refractivity contribution in [2.45, 2.75) is 6.18 Å². The van der Waals surface area contributed by atoms with E-state index in [0.717, 1.165) is 11.6 Å². The van der Waals surface area contributed by atoms with Gasteiger partial charge in [-0.3, -0.25) is 4.99 Å². The highest BCUT2D eigenvalue weighted by molar-refractivity contribution is 6.42. The predicted molar refractivity (Wildman–Crippen MR) is 109 cm³/mol. The number of nitrogens with zero attached hydrogens (tertiary/aromatic N) is 2. The van der Waals surface area contributed by atoms with Gasteiger partial charge in [0.25, 0.3) is 0 Å². The molecule has 0 spiro atoms. The lowest BCUT2D eigenvalue weighted by atomic mass is 9.98. The zero-order chi connectivity index (χ0) is 18.9. The average molecular weight is 436 g/mol. The van der Waals surface area contributed by atoms with Gasteiger partial charge in [-0.15, -0.1) is 12.4 Å². The molecular weight excluding hydrogens is 420 g/mol. The lowest BCUT2D eigenvalue weighted by molar-refractivity contribution is -0.137. The monoisotopic (exact) mass is 434 g/mol. The molecule has 0 N–H and O–H groups in total. The lowest BCUT2D eigenvalue weighted by Gasteiger charge is -2.22. The van der Waals surface area contributed by atoms with E-state index in [2.05, 4.69) is 4.99 Å². The number of alkyl halides is 3. The van der Waals surface area contributed by atoms with Crippen molar-refractivity contribution in [3.8, 4) is 0 Å². The summed E-state index contributed by atoms with van der Waals surface area (Å²) in [5.41, 5.74) is 0.932. The topological polar surface area (TPSA) is 15.6 Å². The molecule has 0 unspecified atom stereocenters. The number of halogens is 6. The number of anilines is 1. The molecule has 2 aromatic carbocycles. The first-order valence-electron chi connectivity index (χ1n) is 7.86. The van der Waals surface area contributed by atoms with Crippen molar-refractivity contribution in [1.82, 2.24) is 0 Å². The fourth-order valence-electron chi connectivity index (χ4n) is 2.81. The molecule has 0 atom stereocenters. The minimum Gasteiger partial charge on any atom is -0.372 e. The second-order valence-electron chi connectivity index (χ2n) is 5.89. The van der Waals surface area contributed by atoms with Gasteiger partial charge in [-0.1, -0.05) is 41.4 Å². The van der Waals surface area contributed by atoms with E-state index in [1.807, 2.05) is 0 Å². The average Bonchev–Trinajstić information content (AvgIpc) is 2.74. The molecule has 3 rings (SSSR count). The van der Waals surface area contributed by atoms with E-state index >= 15 is 0 Å². The van der Waals surface area contributed by atoms with E-state index in [1.165, 1.54) is 6.07 Å². The Hall–Kier alpha value is -1.69. The highest BCUT2D eigenvalue weighted by Crippen LogP contribution is 2.37. The summed E-state index contributed by atoms with van der Waals surface area (Å²) in [6.07, 6.45) is -1.19. The third-order valence-corrected chi connectivity index (χ3v) is 4.85. The summed E-state index contributed by atoms with van der Waals surface area (Å²) < 4.78 is 40.6. The third kappa shape index (κ3) is 4.78. The van der Waals surface area contributed by atoms with Gasteiger partial charge in [-0.05, 0) is 35.9 Å². The molecule has 0 fully saturated rings. The molecule has 144 valence electrons. The molecule has 1 heterocycles. The van der Waals surface area contributed by atoms with Crippen LogP contribution in [-0.4, -0.2) is 25.8 Å². The molecule has 1 aliphatic heterocycles. The standard InChI is InChI=1S/C19H15Cl2F3N2.ClH/c1-26-10-9-25-16(8-6-12-5-7-14(20)15(21)11-12)18-13(19(22,23)24)3-2-4-17(18)26;/h2-8,11H,9-10H2,1H3;1H/b8-6+;. The first-order chi connectivity index (χ1) is 12.3. The van der Waals surface area contributed by atoms with Crippen LogP contribution in [0.25, 0.3) is 6.08 Å². The maximum absolute atomic E-state index is 13.5. The molecule has 0 bridgehead atoms. The van der Waals surface area contributed by atoms with Crippen LogP contribution < -0.4 is 4.90 Å². The Kier molecular flexibility index (Phi) is 6.84.